The molecule has 0 radical (unpaired) electrons. The maximum atomic E-state index is 11.6. The average Bonchev–Trinajstić information content (AvgIpc) is 2.28. The van der Waals surface area contributed by atoms with Crippen LogP contribution in [0.1, 0.15) is 25.3 Å². The van der Waals surface area contributed by atoms with Crippen molar-refractivity contribution in [3.63, 3.8) is 0 Å². The van der Waals surface area contributed by atoms with Crippen molar-refractivity contribution in [2.45, 2.75) is 32.2 Å². The Kier molecular flexibility index (Phi) is 2.48. The van der Waals surface area contributed by atoms with Crippen molar-refractivity contribution in [2.24, 2.45) is 0 Å². The number of hydrogen-bond acceptors (Lipinski definition) is 2. The van der Waals surface area contributed by atoms with Crippen LogP contribution in [0, 0.1) is 0 Å². The van der Waals surface area contributed by atoms with Gasteiger partial charge in [-0.15, -0.1) is 0 Å². The van der Waals surface area contributed by atoms with Crippen LogP contribution >= 0.6 is 11.6 Å². The van der Waals surface area contributed by atoms with E-state index >= 15 is 0 Å². The van der Waals surface area contributed by atoms with Gasteiger partial charge in [0.05, 0.1) is 0 Å². The number of hydrogen-bond donors (Lipinski definition) is 0. The van der Waals surface area contributed by atoms with Crippen molar-refractivity contribution in [3.8, 4) is 0 Å². The molecule has 1 aromatic rings. The largest absolute Gasteiger partial charge is 0.342 e. The van der Waals surface area contributed by atoms with Gasteiger partial charge in [0.15, 0.2) is 5.78 Å². The summed E-state index contributed by atoms with van der Waals surface area (Å²) in [5, 5.41) is 0.789. The van der Waals surface area contributed by atoms with Crippen molar-refractivity contribution in [1.29, 1.82) is 0 Å². The van der Waals surface area contributed by atoms with Crippen LogP contribution in [0.3, 0.4) is 0 Å². The van der Waals surface area contributed by atoms with Crippen molar-refractivity contribution < 1.29 is 4.79 Å². The summed E-state index contributed by atoms with van der Waals surface area (Å²) in [5.74, 6) is 0.251. The van der Waals surface area contributed by atoms with Crippen LogP contribution in [-0.4, -0.2) is 11.8 Å². The van der Waals surface area contributed by atoms with E-state index in [0.29, 0.717) is 12.5 Å². The molecule has 3 rings (SSSR count). The molecule has 3 heteroatoms. The van der Waals surface area contributed by atoms with E-state index in [1.165, 1.54) is 11.3 Å². The van der Waals surface area contributed by atoms with Gasteiger partial charge >= 0.3 is 0 Å². The molecule has 1 aromatic carbocycles. The van der Waals surface area contributed by atoms with Crippen molar-refractivity contribution >= 4 is 23.1 Å². The van der Waals surface area contributed by atoms with Crippen LogP contribution in [0.5, 0.6) is 0 Å². The van der Waals surface area contributed by atoms with E-state index < -0.39 is 0 Å². The fourth-order valence-electron chi connectivity index (χ4n) is 2.90. The molecule has 0 saturated carbocycles. The molecule has 0 spiro atoms. The molecule has 2 heterocycles. The van der Waals surface area contributed by atoms with E-state index in [0.717, 1.165) is 23.6 Å². The molecule has 0 bridgehead atoms. The molecule has 2 nitrogen and oxygen atoms in total. The first kappa shape index (κ1) is 10.8. The summed E-state index contributed by atoms with van der Waals surface area (Å²) in [6.07, 6.45) is 4.43. The Labute approximate surface area is 106 Å². The first-order valence-electron chi connectivity index (χ1n) is 5.94. The lowest BCUT2D eigenvalue weighted by atomic mass is 9.89. The first-order valence-corrected chi connectivity index (χ1v) is 6.32. The van der Waals surface area contributed by atoms with E-state index in [2.05, 4.69) is 11.0 Å². The predicted octanol–water partition coefficient (Wildman–Crippen LogP) is 3.34. The van der Waals surface area contributed by atoms with Gasteiger partial charge in [-0.3, -0.25) is 4.79 Å². The van der Waals surface area contributed by atoms with Gasteiger partial charge in [-0.2, -0.15) is 0 Å². The molecule has 1 atom stereocenters. The second-order valence-electron chi connectivity index (χ2n) is 4.79. The quantitative estimate of drug-likeness (QED) is 0.701. The van der Waals surface area contributed by atoms with E-state index in [1.807, 2.05) is 19.1 Å². The summed E-state index contributed by atoms with van der Waals surface area (Å²) in [5.41, 5.74) is 3.55. The highest BCUT2D eigenvalue weighted by Gasteiger charge is 2.31. The first-order chi connectivity index (χ1) is 8.15. The maximum Gasteiger partial charge on any atom is 0.159 e. The van der Waals surface area contributed by atoms with Gasteiger partial charge in [0, 0.05) is 34.9 Å². The number of halogens is 1. The Balaban J connectivity index is 2.10. The van der Waals surface area contributed by atoms with Gasteiger partial charge in [-0.05, 0) is 43.5 Å². The Morgan fingerprint density at radius 3 is 3.06 bits per heavy atom. The van der Waals surface area contributed by atoms with Crippen LogP contribution < -0.4 is 4.90 Å². The van der Waals surface area contributed by atoms with Gasteiger partial charge < -0.3 is 4.90 Å². The van der Waals surface area contributed by atoms with Crippen LogP contribution in [0.15, 0.2) is 30.0 Å². The third-order valence-electron chi connectivity index (χ3n) is 3.60. The molecule has 0 fully saturated rings. The third-order valence-corrected chi connectivity index (χ3v) is 3.83. The molecule has 0 amide bonds. The Hall–Kier alpha value is -1.28. The summed E-state index contributed by atoms with van der Waals surface area (Å²) < 4.78 is 0. The van der Waals surface area contributed by atoms with Crippen LogP contribution in [0.4, 0.5) is 5.69 Å². The Morgan fingerprint density at radius 1 is 1.41 bits per heavy atom. The van der Waals surface area contributed by atoms with Crippen molar-refractivity contribution in [3.05, 3.63) is 40.6 Å². The van der Waals surface area contributed by atoms with E-state index in [4.69, 9.17) is 11.6 Å². The highest BCUT2D eigenvalue weighted by Crippen LogP contribution is 2.37. The van der Waals surface area contributed by atoms with Gasteiger partial charge in [0.2, 0.25) is 0 Å². The zero-order valence-electron chi connectivity index (χ0n) is 9.74. The minimum absolute atomic E-state index is 0.251. The molecule has 0 aromatic heterocycles. The van der Waals surface area contributed by atoms with Crippen molar-refractivity contribution in [2.75, 3.05) is 4.90 Å². The second kappa shape index (κ2) is 3.88. The van der Waals surface area contributed by atoms with E-state index in [-0.39, 0.29) is 5.78 Å². The number of nitrogens with zero attached hydrogens (tertiary/aromatic N) is 1. The molecule has 2 aliphatic rings. The minimum Gasteiger partial charge on any atom is -0.342 e. The zero-order valence-corrected chi connectivity index (χ0v) is 10.5. The normalized spacial score (nSPS) is 22.9. The van der Waals surface area contributed by atoms with Crippen LogP contribution in [0.2, 0.25) is 5.02 Å². The van der Waals surface area contributed by atoms with Gasteiger partial charge in [-0.1, -0.05) is 11.6 Å². The lowest BCUT2D eigenvalue weighted by Gasteiger charge is -2.41. The number of ketones is 1. The molecule has 0 saturated heterocycles. The summed E-state index contributed by atoms with van der Waals surface area (Å²) in [6.45, 7) is 2.01. The number of allylic oxidation sites excluding steroid dienone is 2. The van der Waals surface area contributed by atoms with Gasteiger partial charge in [0.1, 0.15) is 0 Å². The Morgan fingerprint density at radius 2 is 2.24 bits per heavy atom. The number of carbonyl (C=O) groups excluding carboxylic acids is 1. The molecule has 2 aliphatic heterocycles. The number of fused-ring (bicyclic) bond motifs is 3. The van der Waals surface area contributed by atoms with Gasteiger partial charge in [-0.25, -0.2) is 0 Å². The summed E-state index contributed by atoms with van der Waals surface area (Å²) in [7, 11) is 0. The SMILES string of the molecule is CC1=CC(=O)C[C@H]2CCc3cc(Cl)ccc3N12. The number of aryl methyl sites for hydroxylation is 1. The summed E-state index contributed by atoms with van der Waals surface area (Å²) >= 11 is 6.02. The zero-order chi connectivity index (χ0) is 12.0. The smallest absolute Gasteiger partial charge is 0.159 e. The summed E-state index contributed by atoms with van der Waals surface area (Å²) in [4.78, 5) is 13.9. The van der Waals surface area contributed by atoms with Gasteiger partial charge in [0.25, 0.3) is 0 Å². The van der Waals surface area contributed by atoms with Crippen molar-refractivity contribution in [1.82, 2.24) is 0 Å². The molecule has 0 aliphatic carbocycles. The predicted molar refractivity (Wildman–Crippen MR) is 69.4 cm³/mol. The number of carbonyl (C=O) groups is 1. The molecular formula is C14H14ClNO. The van der Waals surface area contributed by atoms with E-state index in [9.17, 15) is 4.79 Å². The topological polar surface area (TPSA) is 20.3 Å². The molecule has 0 unspecified atom stereocenters. The Bertz CT molecular complexity index is 521. The highest BCUT2D eigenvalue weighted by molar-refractivity contribution is 6.30. The van der Waals surface area contributed by atoms with Crippen LogP contribution in [0.25, 0.3) is 0 Å². The molecule has 0 N–H and O–H groups in total. The number of anilines is 1. The minimum atomic E-state index is 0.251. The second-order valence-corrected chi connectivity index (χ2v) is 5.23. The molecule has 17 heavy (non-hydrogen) atoms. The fraction of sp³-hybridized carbons (Fsp3) is 0.357. The third kappa shape index (κ3) is 1.77. The lowest BCUT2D eigenvalue weighted by molar-refractivity contribution is -0.115. The standard InChI is InChI=1S/C14H14ClNO/c1-9-6-13(17)8-12-4-2-10-7-11(15)3-5-14(10)16(9)12/h3,5-7,12H,2,4,8H2,1H3/t12-/m1/s1. The monoisotopic (exact) mass is 247 g/mol. The van der Waals surface area contributed by atoms with E-state index in [1.54, 1.807) is 6.08 Å². The highest BCUT2D eigenvalue weighted by atomic mass is 35.5. The number of rotatable bonds is 0. The molecular weight excluding hydrogens is 234 g/mol. The fourth-order valence-corrected chi connectivity index (χ4v) is 3.10. The number of benzene rings is 1. The maximum absolute atomic E-state index is 11.6. The average molecular weight is 248 g/mol. The lowest BCUT2D eigenvalue weighted by Crippen LogP contribution is -2.42. The summed E-state index contributed by atoms with van der Waals surface area (Å²) in [6, 6.07) is 6.36. The van der Waals surface area contributed by atoms with Crippen LogP contribution in [-0.2, 0) is 11.2 Å². The molecule has 88 valence electrons.